The largest absolute Gasteiger partial charge is 0.496 e. The zero-order chi connectivity index (χ0) is 19.6. The number of ether oxygens (including phenoxy) is 1. The maximum absolute atomic E-state index is 6.07. The van der Waals surface area contributed by atoms with E-state index in [0.717, 1.165) is 41.1 Å². The van der Waals surface area contributed by atoms with E-state index < -0.39 is 0 Å². The van der Waals surface area contributed by atoms with Crippen LogP contribution in [0.2, 0.25) is 0 Å². The third-order valence-corrected chi connectivity index (χ3v) is 5.70. The number of furan rings is 1. The van der Waals surface area contributed by atoms with Crippen LogP contribution in [0.5, 0.6) is 5.75 Å². The summed E-state index contributed by atoms with van der Waals surface area (Å²) in [5, 5.41) is 4.54. The first-order chi connectivity index (χ1) is 14.3. The van der Waals surface area contributed by atoms with Crippen molar-refractivity contribution >= 4 is 27.9 Å². The van der Waals surface area contributed by atoms with Crippen LogP contribution in [-0.4, -0.2) is 41.6 Å². The first kappa shape index (κ1) is 17.9. The number of nitrogens with zero attached hydrogens (tertiary/aromatic N) is 3. The summed E-state index contributed by atoms with van der Waals surface area (Å²) < 4.78 is 11.7. The van der Waals surface area contributed by atoms with Gasteiger partial charge in [-0.2, -0.15) is 0 Å². The Morgan fingerprint density at radius 2 is 1.86 bits per heavy atom. The average molecular weight is 388 g/mol. The lowest BCUT2D eigenvalue weighted by Crippen LogP contribution is -2.31. The molecule has 0 spiro atoms. The number of fused-ring (bicyclic) bond motifs is 3. The van der Waals surface area contributed by atoms with Gasteiger partial charge < -0.3 is 14.5 Å². The molecule has 6 heteroatoms. The van der Waals surface area contributed by atoms with Crippen molar-refractivity contribution in [2.75, 3.05) is 32.1 Å². The fourth-order valence-corrected chi connectivity index (χ4v) is 4.27. The molecule has 0 amide bonds. The summed E-state index contributed by atoms with van der Waals surface area (Å²) in [4.78, 5) is 11.4. The minimum atomic E-state index is 0.197. The van der Waals surface area contributed by atoms with Crippen molar-refractivity contribution in [1.29, 1.82) is 0 Å². The third-order valence-electron chi connectivity index (χ3n) is 5.70. The number of para-hydroxylation sites is 2. The van der Waals surface area contributed by atoms with Crippen LogP contribution in [0.15, 0.2) is 59.3 Å². The summed E-state index contributed by atoms with van der Waals surface area (Å²) in [5.41, 5.74) is 3.56. The van der Waals surface area contributed by atoms with Crippen molar-refractivity contribution in [3.63, 3.8) is 0 Å². The number of hydrogen-bond acceptors (Lipinski definition) is 6. The van der Waals surface area contributed by atoms with E-state index in [4.69, 9.17) is 9.15 Å². The molecule has 2 aromatic heterocycles. The predicted octanol–water partition coefficient (Wildman–Crippen LogP) is 4.63. The zero-order valence-electron chi connectivity index (χ0n) is 16.5. The van der Waals surface area contributed by atoms with E-state index in [0.29, 0.717) is 12.1 Å². The summed E-state index contributed by atoms with van der Waals surface area (Å²) >= 11 is 0. The summed E-state index contributed by atoms with van der Waals surface area (Å²) in [7, 11) is 1.73. The lowest BCUT2D eigenvalue weighted by atomic mass is 10.0. The Hall–Kier alpha value is -3.12. The van der Waals surface area contributed by atoms with Crippen molar-refractivity contribution in [1.82, 2.24) is 14.9 Å². The molecular formula is C23H24N4O2. The molecule has 2 aromatic carbocycles. The number of likely N-dealkylation sites (tertiary alicyclic amines) is 1. The predicted molar refractivity (Wildman–Crippen MR) is 114 cm³/mol. The Morgan fingerprint density at radius 3 is 2.72 bits per heavy atom. The van der Waals surface area contributed by atoms with Crippen molar-refractivity contribution in [2.24, 2.45) is 0 Å². The van der Waals surface area contributed by atoms with E-state index in [1.54, 1.807) is 13.4 Å². The molecule has 1 aliphatic heterocycles. The van der Waals surface area contributed by atoms with Crippen molar-refractivity contribution < 1.29 is 9.15 Å². The van der Waals surface area contributed by atoms with E-state index in [9.17, 15) is 0 Å². The van der Waals surface area contributed by atoms with Gasteiger partial charge in [0.25, 0.3) is 0 Å². The Bertz CT molecular complexity index is 1130. The zero-order valence-corrected chi connectivity index (χ0v) is 16.5. The molecule has 148 valence electrons. The fourth-order valence-electron chi connectivity index (χ4n) is 4.27. The van der Waals surface area contributed by atoms with E-state index in [1.165, 1.54) is 18.4 Å². The number of methoxy groups -OCH3 is 1. The molecular weight excluding hydrogens is 364 g/mol. The minimum Gasteiger partial charge on any atom is -0.496 e. The van der Waals surface area contributed by atoms with Crippen LogP contribution in [-0.2, 0) is 0 Å². The Balaban J connectivity index is 1.49. The van der Waals surface area contributed by atoms with Crippen LogP contribution in [0.3, 0.4) is 0 Å². The van der Waals surface area contributed by atoms with Gasteiger partial charge >= 0.3 is 0 Å². The highest BCUT2D eigenvalue weighted by Crippen LogP contribution is 2.34. The van der Waals surface area contributed by atoms with E-state index in [2.05, 4.69) is 32.3 Å². The molecule has 6 nitrogen and oxygen atoms in total. The van der Waals surface area contributed by atoms with Crippen molar-refractivity contribution in [3.8, 4) is 5.75 Å². The second-order valence-corrected chi connectivity index (χ2v) is 7.38. The smallest absolute Gasteiger partial charge is 0.196 e. The first-order valence-electron chi connectivity index (χ1n) is 10.1. The number of benzene rings is 2. The van der Waals surface area contributed by atoms with Crippen LogP contribution < -0.4 is 10.1 Å². The number of aromatic nitrogens is 2. The molecule has 3 heterocycles. The second kappa shape index (κ2) is 7.72. The van der Waals surface area contributed by atoms with Gasteiger partial charge in [0, 0.05) is 17.5 Å². The number of anilines is 1. The van der Waals surface area contributed by atoms with Gasteiger partial charge in [-0.25, -0.2) is 9.97 Å². The molecule has 5 rings (SSSR count). The van der Waals surface area contributed by atoms with Crippen molar-refractivity contribution in [3.05, 3.63) is 60.4 Å². The molecule has 1 fully saturated rings. The summed E-state index contributed by atoms with van der Waals surface area (Å²) in [6, 6.07) is 16.4. The third kappa shape index (κ3) is 3.29. The topological polar surface area (TPSA) is 63.4 Å². The summed E-state index contributed by atoms with van der Waals surface area (Å²) in [5.74, 6) is 1.65. The van der Waals surface area contributed by atoms with Crippen LogP contribution >= 0.6 is 0 Å². The second-order valence-electron chi connectivity index (χ2n) is 7.38. The van der Waals surface area contributed by atoms with Gasteiger partial charge in [0.15, 0.2) is 11.4 Å². The van der Waals surface area contributed by atoms with Crippen LogP contribution in [0.1, 0.15) is 24.4 Å². The van der Waals surface area contributed by atoms with Gasteiger partial charge in [-0.3, -0.25) is 4.90 Å². The molecule has 29 heavy (non-hydrogen) atoms. The van der Waals surface area contributed by atoms with Gasteiger partial charge in [0.05, 0.1) is 13.2 Å². The maximum atomic E-state index is 6.07. The monoisotopic (exact) mass is 388 g/mol. The number of rotatable bonds is 6. The van der Waals surface area contributed by atoms with Gasteiger partial charge in [-0.1, -0.05) is 30.3 Å². The van der Waals surface area contributed by atoms with E-state index >= 15 is 0 Å². The molecule has 1 atom stereocenters. The van der Waals surface area contributed by atoms with Gasteiger partial charge in [0.2, 0.25) is 0 Å². The fraction of sp³-hybridized carbons (Fsp3) is 0.304. The molecule has 0 saturated carbocycles. The van der Waals surface area contributed by atoms with Crippen LogP contribution in [0.4, 0.5) is 5.82 Å². The molecule has 4 aromatic rings. The maximum Gasteiger partial charge on any atom is 0.196 e. The normalized spacial score (nSPS) is 15.8. The average Bonchev–Trinajstić information content (AvgIpc) is 3.43. The Morgan fingerprint density at radius 1 is 1.07 bits per heavy atom. The quantitative estimate of drug-likeness (QED) is 0.519. The lowest BCUT2D eigenvalue weighted by molar-refractivity contribution is 0.249. The minimum absolute atomic E-state index is 0.197. The molecule has 1 unspecified atom stereocenters. The van der Waals surface area contributed by atoms with Gasteiger partial charge in [-0.15, -0.1) is 0 Å². The van der Waals surface area contributed by atoms with E-state index in [-0.39, 0.29) is 6.04 Å². The Labute approximate surface area is 169 Å². The molecule has 1 saturated heterocycles. The first-order valence-corrected chi connectivity index (χ1v) is 10.1. The van der Waals surface area contributed by atoms with Crippen LogP contribution in [0, 0.1) is 0 Å². The summed E-state index contributed by atoms with van der Waals surface area (Å²) in [6.07, 6.45) is 4.06. The summed E-state index contributed by atoms with van der Waals surface area (Å²) in [6.45, 7) is 2.89. The molecule has 0 aliphatic carbocycles. The van der Waals surface area contributed by atoms with E-state index in [1.807, 2.05) is 36.4 Å². The van der Waals surface area contributed by atoms with Crippen molar-refractivity contribution in [2.45, 2.75) is 18.9 Å². The Kier molecular flexibility index (Phi) is 4.77. The standard InChI is InChI=1S/C23H24N4O2/c1-28-19-10-4-2-8-16(19)18(27-12-6-7-13-27)14-24-23-22-21(25-15-26-23)17-9-3-5-11-20(17)29-22/h2-5,8-11,15,18H,6-7,12-14H2,1H3,(H,24,25,26). The molecule has 1 aliphatic rings. The highest BCUT2D eigenvalue weighted by atomic mass is 16.5. The van der Waals surface area contributed by atoms with Gasteiger partial charge in [0.1, 0.15) is 23.2 Å². The van der Waals surface area contributed by atoms with Crippen LogP contribution in [0.25, 0.3) is 22.1 Å². The van der Waals surface area contributed by atoms with Gasteiger partial charge in [-0.05, 0) is 44.1 Å². The highest BCUT2D eigenvalue weighted by Gasteiger charge is 2.26. The lowest BCUT2D eigenvalue weighted by Gasteiger charge is -2.29. The molecule has 0 bridgehead atoms. The number of hydrogen-bond donors (Lipinski definition) is 1. The SMILES string of the molecule is COc1ccccc1C(CNc1ncnc2c1oc1ccccc12)N1CCCC1. The molecule has 0 radical (unpaired) electrons. The molecule has 1 N–H and O–H groups in total. The highest BCUT2D eigenvalue weighted by molar-refractivity contribution is 6.05. The number of nitrogens with one attached hydrogen (secondary N) is 1.